The van der Waals surface area contributed by atoms with Gasteiger partial charge in [0.1, 0.15) is 0 Å². The fourth-order valence-electron chi connectivity index (χ4n) is 4.55. The minimum atomic E-state index is -1.91. The average Bonchev–Trinajstić information content (AvgIpc) is 3.11. The van der Waals surface area contributed by atoms with E-state index in [1.165, 1.54) is 0 Å². The smallest absolute Gasteiger partial charge is 0.408 e. The summed E-state index contributed by atoms with van der Waals surface area (Å²) >= 11 is 0. The maximum atomic E-state index is 12.3. The van der Waals surface area contributed by atoms with Crippen LogP contribution < -0.4 is 0 Å². The van der Waals surface area contributed by atoms with Gasteiger partial charge in [-0.1, -0.05) is 63.3 Å². The zero-order valence-electron chi connectivity index (χ0n) is 18.0. The van der Waals surface area contributed by atoms with Gasteiger partial charge in [0.15, 0.2) is 8.32 Å². The number of carboxylic acid groups (broad SMARTS) is 1. The third-order valence-corrected chi connectivity index (χ3v) is 11.8. The van der Waals surface area contributed by atoms with Crippen LogP contribution in [0.15, 0.2) is 36.4 Å². The van der Waals surface area contributed by atoms with Crippen molar-refractivity contribution in [1.29, 1.82) is 0 Å². The normalized spacial score (nSPS) is 27.7. The van der Waals surface area contributed by atoms with Crippen LogP contribution in [0.5, 0.6) is 0 Å². The molecule has 0 spiro atoms. The fourth-order valence-corrected chi connectivity index (χ4v) is 5.61. The Morgan fingerprint density at radius 1 is 1.14 bits per heavy atom. The average molecular weight is 402 g/mol. The number of rotatable bonds is 6. The second-order valence-electron chi connectivity index (χ2n) is 10.1. The highest BCUT2D eigenvalue weighted by atomic mass is 28.4. The molecule has 2 aliphatic heterocycles. The molecule has 1 amide bonds. The van der Waals surface area contributed by atoms with E-state index in [4.69, 9.17) is 4.43 Å². The number of hydrogen-bond acceptors (Lipinski definition) is 2. The molecule has 0 saturated carbocycles. The highest BCUT2D eigenvalue weighted by molar-refractivity contribution is 6.74. The van der Waals surface area contributed by atoms with E-state index in [0.29, 0.717) is 6.61 Å². The minimum absolute atomic E-state index is 0.129. The largest absolute Gasteiger partial charge is 0.465 e. The van der Waals surface area contributed by atoms with Crippen molar-refractivity contribution in [2.45, 2.75) is 82.1 Å². The Bertz CT molecular complexity index is 728. The van der Waals surface area contributed by atoms with E-state index < -0.39 is 14.4 Å². The minimum Gasteiger partial charge on any atom is -0.465 e. The standard InChI is InChI=1S/C23H35NO3Si/c1-21(2,3)28(4,5)27-18-23-16-14-22(15-17-23,24(23)20(25)26)13-9-12-19-10-7-6-8-11-19/h6-12H,13-18H2,1-5H3,(H,25,26). The Kier molecular flexibility index (Phi) is 5.54. The molecule has 154 valence electrons. The van der Waals surface area contributed by atoms with E-state index in [-0.39, 0.29) is 16.1 Å². The topological polar surface area (TPSA) is 49.8 Å². The molecule has 3 rings (SSSR count). The molecular weight excluding hydrogens is 366 g/mol. The lowest BCUT2D eigenvalue weighted by molar-refractivity contribution is 0.0528. The zero-order valence-corrected chi connectivity index (χ0v) is 19.0. The molecule has 5 heteroatoms. The van der Waals surface area contributed by atoms with Crippen LogP contribution in [0.2, 0.25) is 18.1 Å². The summed E-state index contributed by atoms with van der Waals surface area (Å²) < 4.78 is 6.51. The van der Waals surface area contributed by atoms with E-state index >= 15 is 0 Å². The summed E-state index contributed by atoms with van der Waals surface area (Å²) in [6.45, 7) is 11.7. The number of nitrogens with zero attached hydrogens (tertiary/aromatic N) is 1. The van der Waals surface area contributed by atoms with Gasteiger partial charge in [-0.3, -0.25) is 4.90 Å². The molecule has 4 nitrogen and oxygen atoms in total. The molecule has 0 aliphatic carbocycles. The monoisotopic (exact) mass is 401 g/mol. The van der Waals surface area contributed by atoms with Crippen LogP contribution in [-0.2, 0) is 4.43 Å². The molecule has 2 saturated heterocycles. The van der Waals surface area contributed by atoms with Crippen LogP contribution in [0.1, 0.15) is 58.4 Å². The number of amides is 1. The molecule has 0 unspecified atom stereocenters. The van der Waals surface area contributed by atoms with Crippen molar-refractivity contribution in [3.8, 4) is 0 Å². The van der Waals surface area contributed by atoms with E-state index in [0.717, 1.165) is 37.7 Å². The van der Waals surface area contributed by atoms with Crippen LogP contribution in [0, 0.1) is 0 Å². The van der Waals surface area contributed by atoms with Crippen LogP contribution >= 0.6 is 0 Å². The Hall–Kier alpha value is -1.59. The van der Waals surface area contributed by atoms with Gasteiger partial charge in [0, 0.05) is 0 Å². The molecule has 0 radical (unpaired) electrons. The summed E-state index contributed by atoms with van der Waals surface area (Å²) in [5.41, 5.74) is 0.542. The maximum Gasteiger partial charge on any atom is 0.408 e. The quantitative estimate of drug-likeness (QED) is 0.581. The molecule has 1 aromatic carbocycles. The van der Waals surface area contributed by atoms with Crippen LogP contribution in [0.3, 0.4) is 0 Å². The van der Waals surface area contributed by atoms with Crippen molar-refractivity contribution in [2.24, 2.45) is 0 Å². The lowest BCUT2D eigenvalue weighted by atomic mass is 9.81. The molecule has 1 N–H and O–H groups in total. The third-order valence-electron chi connectivity index (χ3n) is 7.37. The van der Waals surface area contributed by atoms with Gasteiger partial charge in [-0.05, 0) is 55.8 Å². The van der Waals surface area contributed by atoms with E-state index in [9.17, 15) is 9.90 Å². The van der Waals surface area contributed by atoms with Gasteiger partial charge in [-0.15, -0.1) is 0 Å². The lowest BCUT2D eigenvalue weighted by Crippen LogP contribution is -2.54. The summed E-state index contributed by atoms with van der Waals surface area (Å²) in [6.07, 6.45) is 7.93. The van der Waals surface area contributed by atoms with Crippen molar-refractivity contribution >= 4 is 20.5 Å². The van der Waals surface area contributed by atoms with Crippen LogP contribution in [-0.4, -0.2) is 42.1 Å². The number of fused-ring (bicyclic) bond motifs is 2. The van der Waals surface area contributed by atoms with Crippen molar-refractivity contribution in [1.82, 2.24) is 4.90 Å². The van der Waals surface area contributed by atoms with Gasteiger partial charge in [0.25, 0.3) is 0 Å². The molecule has 0 aromatic heterocycles. The lowest BCUT2D eigenvalue weighted by Gasteiger charge is -2.42. The van der Waals surface area contributed by atoms with Crippen LogP contribution in [0.25, 0.3) is 6.08 Å². The molecule has 2 aliphatic rings. The molecule has 28 heavy (non-hydrogen) atoms. The van der Waals surface area contributed by atoms with Gasteiger partial charge >= 0.3 is 6.09 Å². The first-order chi connectivity index (χ1) is 13.0. The Labute approximate surface area is 170 Å². The maximum absolute atomic E-state index is 12.3. The van der Waals surface area contributed by atoms with Crippen molar-refractivity contribution in [2.75, 3.05) is 6.61 Å². The Morgan fingerprint density at radius 2 is 1.71 bits per heavy atom. The predicted molar refractivity (Wildman–Crippen MR) is 117 cm³/mol. The Morgan fingerprint density at radius 3 is 2.25 bits per heavy atom. The number of hydrogen-bond donors (Lipinski definition) is 1. The summed E-state index contributed by atoms with van der Waals surface area (Å²) in [6, 6.07) is 10.2. The summed E-state index contributed by atoms with van der Waals surface area (Å²) in [7, 11) is -1.91. The second kappa shape index (κ2) is 7.34. The van der Waals surface area contributed by atoms with E-state index in [1.807, 2.05) is 18.2 Å². The predicted octanol–water partition coefficient (Wildman–Crippen LogP) is 6.16. The molecule has 2 bridgehead atoms. The molecule has 0 atom stereocenters. The summed E-state index contributed by atoms with van der Waals surface area (Å²) in [5.74, 6) is 0. The van der Waals surface area contributed by atoms with Gasteiger partial charge in [-0.2, -0.15) is 0 Å². The zero-order chi connectivity index (χ0) is 20.6. The first-order valence-electron chi connectivity index (χ1n) is 10.4. The van der Waals surface area contributed by atoms with Crippen molar-refractivity contribution in [3.63, 3.8) is 0 Å². The second-order valence-corrected chi connectivity index (χ2v) is 14.9. The SMILES string of the molecule is CC(C)(C)[Si](C)(C)OCC12CCC(CC=Cc3ccccc3)(CC1)N2C(=O)O. The summed E-state index contributed by atoms with van der Waals surface area (Å²) in [4.78, 5) is 14.1. The first-order valence-corrected chi connectivity index (χ1v) is 13.3. The molecule has 2 fully saturated rings. The molecule has 1 aromatic rings. The van der Waals surface area contributed by atoms with Crippen LogP contribution in [0.4, 0.5) is 4.79 Å². The fraction of sp³-hybridized carbons (Fsp3) is 0.609. The third kappa shape index (κ3) is 3.79. The highest BCUT2D eigenvalue weighted by Crippen LogP contribution is 2.55. The van der Waals surface area contributed by atoms with E-state index in [2.05, 4.69) is 58.2 Å². The van der Waals surface area contributed by atoms with E-state index in [1.54, 1.807) is 4.90 Å². The number of benzene rings is 1. The summed E-state index contributed by atoms with van der Waals surface area (Å²) in [5, 5.41) is 10.2. The van der Waals surface area contributed by atoms with Gasteiger partial charge in [-0.25, -0.2) is 4.79 Å². The highest BCUT2D eigenvalue weighted by Gasteiger charge is 2.62. The van der Waals surface area contributed by atoms with Crippen molar-refractivity contribution in [3.05, 3.63) is 42.0 Å². The van der Waals surface area contributed by atoms with Gasteiger partial charge in [0.2, 0.25) is 0 Å². The van der Waals surface area contributed by atoms with Gasteiger partial charge in [0.05, 0.1) is 17.7 Å². The van der Waals surface area contributed by atoms with Crippen molar-refractivity contribution < 1.29 is 14.3 Å². The molecule has 2 heterocycles. The van der Waals surface area contributed by atoms with Gasteiger partial charge < -0.3 is 9.53 Å². The Balaban J connectivity index is 1.75. The molecular formula is C23H35NO3Si. The number of carbonyl (C=O) groups is 1. The first kappa shape index (κ1) is 21.1.